The first kappa shape index (κ1) is 19.0. The molecule has 2 rings (SSSR count). The van der Waals surface area contributed by atoms with Crippen LogP contribution in [0.1, 0.15) is 29.8 Å². The molecule has 0 radical (unpaired) electrons. The number of hydrogen-bond donors (Lipinski definition) is 1. The maximum absolute atomic E-state index is 12.0. The van der Waals surface area contributed by atoms with Gasteiger partial charge in [0.15, 0.2) is 6.61 Å². The predicted molar refractivity (Wildman–Crippen MR) is 96.7 cm³/mol. The number of benzene rings is 2. The van der Waals surface area contributed by atoms with Gasteiger partial charge in [-0.15, -0.1) is 0 Å². The molecule has 2 aromatic rings. The lowest BCUT2D eigenvalue weighted by Crippen LogP contribution is -2.21. The minimum Gasteiger partial charge on any atom is -0.452 e. The van der Waals surface area contributed by atoms with Crippen molar-refractivity contribution >= 4 is 29.2 Å². The highest BCUT2D eigenvalue weighted by atomic mass is 35.5. The van der Waals surface area contributed by atoms with Crippen LogP contribution >= 0.6 is 11.6 Å². The van der Waals surface area contributed by atoms with Gasteiger partial charge in [0.05, 0.1) is 29.0 Å². The molecular weight excluding hydrogens is 342 g/mol. The third-order valence-electron chi connectivity index (χ3n) is 3.26. The lowest BCUT2D eigenvalue weighted by molar-refractivity contribution is -0.119. The molecule has 25 heavy (non-hydrogen) atoms. The van der Waals surface area contributed by atoms with Gasteiger partial charge in [-0.2, -0.15) is 0 Å². The van der Waals surface area contributed by atoms with Gasteiger partial charge in [-0.05, 0) is 43.7 Å². The Kier molecular flexibility index (Phi) is 6.98. The summed E-state index contributed by atoms with van der Waals surface area (Å²) in [5.74, 6) is -1.02. The maximum atomic E-state index is 12.0. The molecule has 0 atom stereocenters. The number of halogens is 1. The van der Waals surface area contributed by atoms with Crippen molar-refractivity contribution in [3.8, 4) is 0 Å². The number of esters is 1. The quantitative estimate of drug-likeness (QED) is 0.755. The van der Waals surface area contributed by atoms with E-state index in [4.69, 9.17) is 21.1 Å². The Morgan fingerprint density at radius 3 is 2.40 bits per heavy atom. The Labute approximate surface area is 151 Å². The van der Waals surface area contributed by atoms with E-state index in [0.29, 0.717) is 22.9 Å². The maximum Gasteiger partial charge on any atom is 0.338 e. The molecule has 0 aromatic heterocycles. The number of para-hydroxylation sites is 1. The van der Waals surface area contributed by atoms with Gasteiger partial charge in [0, 0.05) is 0 Å². The zero-order valence-electron chi connectivity index (χ0n) is 14.1. The van der Waals surface area contributed by atoms with E-state index in [-0.39, 0.29) is 12.7 Å². The summed E-state index contributed by atoms with van der Waals surface area (Å²) in [4.78, 5) is 23.8. The molecule has 0 bridgehead atoms. The van der Waals surface area contributed by atoms with E-state index in [1.54, 1.807) is 48.5 Å². The van der Waals surface area contributed by atoms with Crippen LogP contribution in [0, 0.1) is 0 Å². The lowest BCUT2D eigenvalue weighted by atomic mass is 10.1. The molecule has 0 saturated carbocycles. The Bertz CT molecular complexity index is 728. The third-order valence-corrected chi connectivity index (χ3v) is 3.58. The van der Waals surface area contributed by atoms with Crippen molar-refractivity contribution in [2.45, 2.75) is 26.6 Å². The third kappa shape index (κ3) is 6.21. The fourth-order valence-electron chi connectivity index (χ4n) is 1.96. The van der Waals surface area contributed by atoms with E-state index < -0.39 is 11.9 Å². The van der Waals surface area contributed by atoms with Gasteiger partial charge in [0.25, 0.3) is 5.91 Å². The van der Waals surface area contributed by atoms with E-state index in [9.17, 15) is 9.59 Å². The highest BCUT2D eigenvalue weighted by Crippen LogP contribution is 2.20. The summed E-state index contributed by atoms with van der Waals surface area (Å²) in [5, 5.41) is 3.01. The summed E-state index contributed by atoms with van der Waals surface area (Å²) < 4.78 is 10.5. The van der Waals surface area contributed by atoms with Crippen LogP contribution < -0.4 is 5.32 Å². The Morgan fingerprint density at radius 1 is 1.08 bits per heavy atom. The van der Waals surface area contributed by atoms with Gasteiger partial charge in [-0.1, -0.05) is 35.9 Å². The van der Waals surface area contributed by atoms with E-state index in [1.165, 1.54) is 0 Å². The van der Waals surface area contributed by atoms with E-state index in [1.807, 2.05) is 13.8 Å². The number of rotatable bonds is 7. The second-order valence-electron chi connectivity index (χ2n) is 5.66. The number of amides is 1. The molecule has 0 spiro atoms. The fourth-order valence-corrected chi connectivity index (χ4v) is 2.15. The number of ether oxygens (including phenoxy) is 2. The smallest absolute Gasteiger partial charge is 0.338 e. The van der Waals surface area contributed by atoms with Gasteiger partial charge in [-0.25, -0.2) is 4.79 Å². The monoisotopic (exact) mass is 361 g/mol. The van der Waals surface area contributed by atoms with Crippen molar-refractivity contribution in [2.75, 3.05) is 11.9 Å². The molecule has 0 fully saturated rings. The molecule has 2 aromatic carbocycles. The lowest BCUT2D eigenvalue weighted by Gasteiger charge is -2.09. The first-order valence-electron chi connectivity index (χ1n) is 7.87. The van der Waals surface area contributed by atoms with Crippen molar-refractivity contribution in [3.63, 3.8) is 0 Å². The largest absolute Gasteiger partial charge is 0.452 e. The molecule has 5 nitrogen and oxygen atoms in total. The van der Waals surface area contributed by atoms with Crippen LogP contribution in [0.3, 0.4) is 0 Å². The van der Waals surface area contributed by atoms with Crippen molar-refractivity contribution in [2.24, 2.45) is 0 Å². The van der Waals surface area contributed by atoms with Crippen molar-refractivity contribution in [1.82, 2.24) is 0 Å². The Hall–Kier alpha value is -2.37. The first-order chi connectivity index (χ1) is 12.0. The molecule has 0 aliphatic carbocycles. The normalized spacial score (nSPS) is 10.6. The molecule has 1 amide bonds. The zero-order chi connectivity index (χ0) is 18.2. The summed E-state index contributed by atoms with van der Waals surface area (Å²) in [5.41, 5.74) is 1.81. The van der Waals surface area contributed by atoms with Crippen LogP contribution in [-0.2, 0) is 20.9 Å². The molecule has 0 aliphatic rings. The Balaban J connectivity index is 1.83. The molecule has 6 heteroatoms. The summed E-state index contributed by atoms with van der Waals surface area (Å²) in [6.45, 7) is 4.01. The van der Waals surface area contributed by atoms with Crippen molar-refractivity contribution in [3.05, 3.63) is 64.7 Å². The topological polar surface area (TPSA) is 64.6 Å². The van der Waals surface area contributed by atoms with Crippen LogP contribution in [0.15, 0.2) is 48.5 Å². The highest BCUT2D eigenvalue weighted by Gasteiger charge is 2.11. The van der Waals surface area contributed by atoms with Crippen LogP contribution in [-0.4, -0.2) is 24.6 Å². The van der Waals surface area contributed by atoms with Gasteiger partial charge < -0.3 is 14.8 Å². The molecule has 1 N–H and O–H groups in total. The number of anilines is 1. The highest BCUT2D eigenvalue weighted by molar-refractivity contribution is 6.33. The molecule has 0 unspecified atom stereocenters. The average molecular weight is 362 g/mol. The molecule has 0 heterocycles. The van der Waals surface area contributed by atoms with Crippen LogP contribution in [0.25, 0.3) is 0 Å². The van der Waals surface area contributed by atoms with Crippen LogP contribution in [0.5, 0.6) is 0 Å². The Morgan fingerprint density at radius 2 is 1.76 bits per heavy atom. The molecule has 0 aliphatic heterocycles. The minimum absolute atomic E-state index is 0.140. The van der Waals surface area contributed by atoms with Crippen LogP contribution in [0.4, 0.5) is 5.69 Å². The summed E-state index contributed by atoms with van der Waals surface area (Å²) >= 11 is 5.95. The zero-order valence-corrected chi connectivity index (χ0v) is 14.9. The number of nitrogens with one attached hydrogen (secondary N) is 1. The summed E-state index contributed by atoms with van der Waals surface area (Å²) in [7, 11) is 0. The first-order valence-corrected chi connectivity index (χ1v) is 8.25. The molecule has 0 saturated heterocycles. The van der Waals surface area contributed by atoms with E-state index in [2.05, 4.69) is 5.32 Å². The number of carbonyl (C=O) groups excluding carboxylic acids is 2. The average Bonchev–Trinajstić information content (AvgIpc) is 2.60. The molecular formula is C19H20ClNO4. The second-order valence-corrected chi connectivity index (χ2v) is 6.07. The predicted octanol–water partition coefficient (Wildman–Crippen LogP) is 4.06. The fraction of sp³-hybridized carbons (Fsp3) is 0.263. The van der Waals surface area contributed by atoms with Gasteiger partial charge in [-0.3, -0.25) is 4.79 Å². The van der Waals surface area contributed by atoms with Crippen molar-refractivity contribution in [1.29, 1.82) is 0 Å². The SMILES string of the molecule is CC(C)OCc1ccc(C(=O)OCC(=O)Nc2ccccc2Cl)cc1. The van der Waals surface area contributed by atoms with E-state index >= 15 is 0 Å². The summed E-state index contributed by atoms with van der Waals surface area (Å²) in [6, 6.07) is 13.7. The summed E-state index contributed by atoms with van der Waals surface area (Å²) in [6.07, 6.45) is 0.140. The van der Waals surface area contributed by atoms with Gasteiger partial charge >= 0.3 is 5.97 Å². The van der Waals surface area contributed by atoms with Gasteiger partial charge in [0.2, 0.25) is 0 Å². The minimum atomic E-state index is -0.564. The standard InChI is InChI=1S/C19H20ClNO4/c1-13(2)24-11-14-7-9-15(10-8-14)19(23)25-12-18(22)21-17-6-4-3-5-16(17)20/h3-10,13H,11-12H2,1-2H3,(H,21,22). The van der Waals surface area contributed by atoms with E-state index in [0.717, 1.165) is 5.56 Å². The van der Waals surface area contributed by atoms with Gasteiger partial charge in [0.1, 0.15) is 0 Å². The number of hydrogen-bond acceptors (Lipinski definition) is 4. The van der Waals surface area contributed by atoms with Crippen LogP contribution in [0.2, 0.25) is 5.02 Å². The number of carbonyl (C=O) groups is 2. The van der Waals surface area contributed by atoms with Crippen molar-refractivity contribution < 1.29 is 19.1 Å². The molecule has 132 valence electrons. The second kappa shape index (κ2) is 9.20.